The summed E-state index contributed by atoms with van der Waals surface area (Å²) in [4.78, 5) is 45.7. The summed E-state index contributed by atoms with van der Waals surface area (Å²) in [7, 11) is 0. The van der Waals surface area contributed by atoms with Crippen molar-refractivity contribution in [3.8, 4) is 0 Å². The van der Waals surface area contributed by atoms with Gasteiger partial charge in [-0.1, -0.05) is 36.8 Å². The van der Waals surface area contributed by atoms with Gasteiger partial charge in [0.15, 0.2) is 5.82 Å². The first-order chi connectivity index (χ1) is 18.4. The number of amides is 3. The molecule has 0 unspecified atom stereocenters. The first-order valence-corrected chi connectivity index (χ1v) is 12.5. The van der Waals surface area contributed by atoms with E-state index >= 15 is 0 Å². The first kappa shape index (κ1) is 25.1. The average Bonchev–Trinajstić information content (AvgIpc) is 3.45. The molecule has 10 heteroatoms. The maximum Gasteiger partial charge on any atom is 0.253 e. The van der Waals surface area contributed by atoms with Crippen LogP contribution >= 0.6 is 0 Å². The first-order valence-electron chi connectivity index (χ1n) is 12.5. The van der Waals surface area contributed by atoms with Crippen LogP contribution in [0.15, 0.2) is 60.7 Å². The zero-order valence-electron chi connectivity index (χ0n) is 20.8. The van der Waals surface area contributed by atoms with Gasteiger partial charge in [-0.15, -0.1) is 0 Å². The molecule has 0 fully saturated rings. The van der Waals surface area contributed by atoms with Crippen LogP contribution in [-0.4, -0.2) is 48.8 Å². The highest BCUT2D eigenvalue weighted by Gasteiger charge is 2.22. The zero-order chi connectivity index (χ0) is 26.6. The number of fused-ring (bicyclic) bond motifs is 3. The number of carbonyl (C=O) groups excluding carboxylic acids is 3. The van der Waals surface area contributed by atoms with Crippen LogP contribution in [-0.2, 0) is 27.5 Å². The Morgan fingerprint density at radius 2 is 1.68 bits per heavy atom. The van der Waals surface area contributed by atoms with E-state index in [9.17, 15) is 19.5 Å². The van der Waals surface area contributed by atoms with Crippen LogP contribution in [0.4, 0.5) is 11.5 Å². The number of aliphatic hydroxyl groups excluding tert-OH is 1. The van der Waals surface area contributed by atoms with Gasteiger partial charge in [0, 0.05) is 42.7 Å². The highest BCUT2D eigenvalue weighted by molar-refractivity contribution is 6.12. The monoisotopic (exact) mass is 512 g/mol. The van der Waals surface area contributed by atoms with E-state index in [0.717, 1.165) is 28.4 Å². The summed E-state index contributed by atoms with van der Waals surface area (Å²) >= 11 is 0. The van der Waals surface area contributed by atoms with E-state index in [4.69, 9.17) is 5.73 Å². The maximum atomic E-state index is 12.4. The van der Waals surface area contributed by atoms with Gasteiger partial charge in [-0.05, 0) is 36.6 Å². The van der Waals surface area contributed by atoms with Crippen LogP contribution < -0.4 is 11.1 Å². The van der Waals surface area contributed by atoms with Gasteiger partial charge < -0.3 is 20.7 Å². The fraction of sp³-hybridized carbons (Fsp3) is 0.250. The van der Waals surface area contributed by atoms with Gasteiger partial charge in [0.05, 0.1) is 11.0 Å². The number of nitrogens with zero attached hydrogens (tertiary/aromatic N) is 4. The quantitative estimate of drug-likeness (QED) is 0.219. The number of unbranched alkanes of at least 4 members (excludes halogenated alkanes) is 2. The summed E-state index contributed by atoms with van der Waals surface area (Å²) in [6.07, 6.45) is 4.97. The predicted octanol–water partition coefficient (Wildman–Crippen LogP) is 3.13. The second kappa shape index (κ2) is 10.8. The van der Waals surface area contributed by atoms with E-state index in [-0.39, 0.29) is 24.3 Å². The molecule has 3 heterocycles. The third kappa shape index (κ3) is 5.12. The molecule has 0 radical (unpaired) electrons. The third-order valence-corrected chi connectivity index (χ3v) is 6.60. The van der Waals surface area contributed by atoms with Gasteiger partial charge >= 0.3 is 0 Å². The largest absolute Gasteiger partial charge is 0.388 e. The predicted molar refractivity (Wildman–Crippen MR) is 144 cm³/mol. The number of nitrogen functional groups attached to an aromatic ring is 1. The highest BCUT2D eigenvalue weighted by atomic mass is 16.3. The number of carbonyl (C=O) groups is 3. The number of rotatable bonds is 10. The number of hydrogen-bond donors (Lipinski definition) is 3. The normalized spacial score (nSPS) is 13.2. The lowest BCUT2D eigenvalue weighted by atomic mass is 10.1. The molecule has 194 valence electrons. The smallest absolute Gasteiger partial charge is 0.253 e. The van der Waals surface area contributed by atoms with Gasteiger partial charge in [-0.25, -0.2) is 9.97 Å². The standard InChI is InChI=1S/C28H28N6O4/c29-28-26-27(20-6-3-4-7-21(20)31-28)34(22(17-35)32-26)16-18-9-11-19(12-10-18)30-23(36)8-2-1-5-15-33-24(37)13-14-25(33)38/h3-4,6-7,9-14,35H,1-2,5,8,15-17H2,(H2,29,31)(H,30,36). The Morgan fingerprint density at radius 1 is 0.947 bits per heavy atom. The summed E-state index contributed by atoms with van der Waals surface area (Å²) in [5.41, 5.74) is 9.97. The van der Waals surface area contributed by atoms with Crippen LogP contribution in [0, 0.1) is 0 Å². The second-order valence-electron chi connectivity index (χ2n) is 9.20. The molecule has 0 spiro atoms. The molecule has 0 saturated heterocycles. The molecule has 0 aliphatic carbocycles. The van der Waals surface area contributed by atoms with Crippen molar-refractivity contribution in [1.29, 1.82) is 0 Å². The molecule has 1 aliphatic rings. The van der Waals surface area contributed by atoms with E-state index in [0.29, 0.717) is 55.2 Å². The molecule has 4 N–H and O–H groups in total. The Hall–Kier alpha value is -4.57. The SMILES string of the molecule is Nc1nc2ccccc2c2c1nc(CO)n2Cc1ccc(NC(=O)CCCCCN2C(=O)C=CC2=O)cc1. The van der Waals surface area contributed by atoms with Gasteiger partial charge in [0.2, 0.25) is 5.91 Å². The molecule has 2 aromatic carbocycles. The Balaban J connectivity index is 1.19. The van der Waals surface area contributed by atoms with E-state index in [1.165, 1.54) is 17.1 Å². The number of imidazole rings is 1. The van der Waals surface area contributed by atoms with Crippen LogP contribution in [0.5, 0.6) is 0 Å². The van der Waals surface area contributed by atoms with E-state index in [2.05, 4.69) is 15.3 Å². The molecule has 2 aromatic heterocycles. The Labute approximate surface area is 218 Å². The minimum absolute atomic E-state index is 0.0923. The lowest BCUT2D eigenvalue weighted by Crippen LogP contribution is -2.30. The molecule has 1 aliphatic heterocycles. The van der Waals surface area contributed by atoms with Gasteiger partial charge in [0.25, 0.3) is 11.8 Å². The number of aliphatic hydroxyl groups is 1. The number of aromatic nitrogens is 3. The lowest BCUT2D eigenvalue weighted by Gasteiger charge is -2.13. The Kier molecular flexibility index (Phi) is 7.14. The van der Waals surface area contributed by atoms with Crippen LogP contribution in [0.3, 0.4) is 0 Å². The second-order valence-corrected chi connectivity index (χ2v) is 9.20. The topological polar surface area (TPSA) is 143 Å². The van der Waals surface area contributed by atoms with Gasteiger partial charge in [-0.2, -0.15) is 0 Å². The number of imide groups is 1. The van der Waals surface area contributed by atoms with Crippen molar-refractivity contribution in [2.24, 2.45) is 0 Å². The third-order valence-electron chi connectivity index (χ3n) is 6.60. The number of anilines is 2. The van der Waals surface area contributed by atoms with Crippen molar-refractivity contribution in [3.63, 3.8) is 0 Å². The summed E-state index contributed by atoms with van der Waals surface area (Å²) < 4.78 is 1.95. The fourth-order valence-electron chi connectivity index (χ4n) is 4.68. The van der Waals surface area contributed by atoms with Crippen LogP contribution in [0.2, 0.25) is 0 Å². The molecule has 4 aromatic rings. The minimum atomic E-state index is -0.278. The molecular weight excluding hydrogens is 484 g/mol. The van der Waals surface area contributed by atoms with Crippen LogP contribution in [0.1, 0.15) is 37.1 Å². The van der Waals surface area contributed by atoms with Crippen molar-refractivity contribution in [2.75, 3.05) is 17.6 Å². The fourth-order valence-corrected chi connectivity index (χ4v) is 4.68. The zero-order valence-corrected chi connectivity index (χ0v) is 20.8. The summed E-state index contributed by atoms with van der Waals surface area (Å²) in [6.45, 7) is 0.598. The number of para-hydroxylation sites is 1. The highest BCUT2D eigenvalue weighted by Crippen LogP contribution is 2.29. The van der Waals surface area contributed by atoms with Gasteiger partial charge in [0.1, 0.15) is 17.9 Å². The number of nitrogens with two attached hydrogens (primary N) is 1. The molecule has 5 rings (SSSR count). The lowest BCUT2D eigenvalue weighted by molar-refractivity contribution is -0.136. The molecule has 0 saturated carbocycles. The Bertz CT molecular complexity index is 1540. The van der Waals surface area contributed by atoms with Crippen molar-refractivity contribution in [3.05, 3.63) is 72.1 Å². The van der Waals surface area contributed by atoms with Crippen molar-refractivity contribution < 1.29 is 19.5 Å². The number of benzene rings is 2. The summed E-state index contributed by atoms with van der Waals surface area (Å²) in [6, 6.07) is 15.2. The van der Waals surface area contributed by atoms with Crippen molar-refractivity contribution in [2.45, 2.75) is 38.8 Å². The van der Waals surface area contributed by atoms with E-state index in [1.54, 1.807) is 0 Å². The number of hydrogen-bond acceptors (Lipinski definition) is 7. The Morgan fingerprint density at radius 3 is 2.42 bits per heavy atom. The van der Waals surface area contributed by atoms with E-state index < -0.39 is 0 Å². The number of pyridine rings is 1. The van der Waals surface area contributed by atoms with E-state index in [1.807, 2.05) is 53.1 Å². The average molecular weight is 513 g/mol. The molecule has 10 nitrogen and oxygen atoms in total. The van der Waals surface area contributed by atoms with Crippen molar-refractivity contribution in [1.82, 2.24) is 19.4 Å². The number of nitrogens with one attached hydrogen (secondary N) is 1. The van der Waals surface area contributed by atoms with Crippen molar-refractivity contribution >= 4 is 51.2 Å². The molecule has 0 atom stereocenters. The summed E-state index contributed by atoms with van der Waals surface area (Å²) in [5.74, 6) is 0.168. The maximum absolute atomic E-state index is 12.4. The molecule has 38 heavy (non-hydrogen) atoms. The van der Waals surface area contributed by atoms with Gasteiger partial charge in [-0.3, -0.25) is 19.3 Å². The van der Waals surface area contributed by atoms with Crippen LogP contribution in [0.25, 0.3) is 21.9 Å². The molecular formula is C28H28N6O4. The molecule has 3 amide bonds. The summed E-state index contributed by atoms with van der Waals surface area (Å²) in [5, 5.41) is 13.8. The minimum Gasteiger partial charge on any atom is -0.388 e. The molecule has 0 bridgehead atoms.